The van der Waals surface area contributed by atoms with Crippen LogP contribution < -0.4 is 9.64 Å². The van der Waals surface area contributed by atoms with Gasteiger partial charge in [0.1, 0.15) is 11.3 Å². The summed E-state index contributed by atoms with van der Waals surface area (Å²) in [4.78, 5) is 25.9. The second-order valence-corrected chi connectivity index (χ2v) is 6.23. The van der Waals surface area contributed by atoms with Gasteiger partial charge in [-0.1, -0.05) is 12.1 Å². The van der Waals surface area contributed by atoms with Crippen LogP contribution in [0.2, 0.25) is 0 Å². The molecule has 0 atom stereocenters. The predicted octanol–water partition coefficient (Wildman–Crippen LogP) is 3.34. The molecule has 0 bridgehead atoms. The van der Waals surface area contributed by atoms with E-state index in [0.29, 0.717) is 5.69 Å². The highest BCUT2D eigenvalue weighted by Crippen LogP contribution is 2.33. The van der Waals surface area contributed by atoms with Crippen LogP contribution in [0, 0.1) is 5.82 Å². The Kier molecular flexibility index (Phi) is 5.71. The molecule has 0 radical (unpaired) electrons. The fraction of sp³-hybridized carbons (Fsp3) is 0.300. The van der Waals surface area contributed by atoms with Crippen LogP contribution in [0.4, 0.5) is 10.1 Å². The second kappa shape index (κ2) is 8.18. The standard InChI is InChI=1S/C20H20FNO5/c1-26-12-27-16-9-8-15(22-10-2-3-11-22)18(21)17(16)19(23)13-4-6-14(7-5-13)20(24)25/h4-9H,2-3,10-12H2,1H3,(H,24,25). The summed E-state index contributed by atoms with van der Waals surface area (Å²) in [5, 5.41) is 8.99. The summed E-state index contributed by atoms with van der Waals surface area (Å²) in [5.41, 5.74) is 0.413. The molecule has 0 aromatic heterocycles. The zero-order valence-electron chi connectivity index (χ0n) is 14.9. The molecule has 6 nitrogen and oxygen atoms in total. The van der Waals surface area contributed by atoms with Crippen LogP contribution in [0.1, 0.15) is 39.1 Å². The van der Waals surface area contributed by atoms with Gasteiger partial charge in [-0.05, 0) is 37.1 Å². The van der Waals surface area contributed by atoms with Crippen LogP contribution in [0.25, 0.3) is 0 Å². The Bertz CT molecular complexity index is 844. The minimum Gasteiger partial charge on any atom is -0.478 e. The third-order valence-corrected chi connectivity index (χ3v) is 4.48. The third-order valence-electron chi connectivity index (χ3n) is 4.48. The van der Waals surface area contributed by atoms with E-state index < -0.39 is 17.6 Å². The Morgan fingerprint density at radius 2 is 1.70 bits per heavy atom. The molecule has 2 aromatic rings. The van der Waals surface area contributed by atoms with Gasteiger partial charge in [-0.3, -0.25) is 4.79 Å². The topological polar surface area (TPSA) is 76.1 Å². The Morgan fingerprint density at radius 1 is 1.07 bits per heavy atom. The summed E-state index contributed by atoms with van der Waals surface area (Å²) in [5.74, 6) is -2.22. The highest BCUT2D eigenvalue weighted by atomic mass is 19.1. The first-order valence-corrected chi connectivity index (χ1v) is 8.60. The Labute approximate surface area is 156 Å². The van der Waals surface area contributed by atoms with Crippen molar-refractivity contribution in [1.29, 1.82) is 0 Å². The molecule has 1 fully saturated rings. The average molecular weight is 373 g/mol. The van der Waals surface area contributed by atoms with Crippen molar-refractivity contribution in [1.82, 2.24) is 0 Å². The highest BCUT2D eigenvalue weighted by molar-refractivity contribution is 6.11. The Hall–Kier alpha value is -2.93. The van der Waals surface area contributed by atoms with Crippen molar-refractivity contribution in [3.63, 3.8) is 0 Å². The molecule has 0 spiro atoms. The van der Waals surface area contributed by atoms with Gasteiger partial charge in [-0.15, -0.1) is 0 Å². The molecule has 0 amide bonds. The minimum absolute atomic E-state index is 0.0497. The smallest absolute Gasteiger partial charge is 0.335 e. The zero-order chi connectivity index (χ0) is 19.4. The van der Waals surface area contributed by atoms with Crippen molar-refractivity contribution in [2.45, 2.75) is 12.8 Å². The summed E-state index contributed by atoms with van der Waals surface area (Å²) in [6.45, 7) is 1.34. The van der Waals surface area contributed by atoms with Gasteiger partial charge in [0.2, 0.25) is 0 Å². The number of carboxylic acids is 1. The zero-order valence-corrected chi connectivity index (χ0v) is 14.9. The van der Waals surface area contributed by atoms with Gasteiger partial charge in [0.15, 0.2) is 18.4 Å². The van der Waals surface area contributed by atoms with Crippen LogP contribution in [0.5, 0.6) is 5.75 Å². The quantitative estimate of drug-likeness (QED) is 0.593. The van der Waals surface area contributed by atoms with E-state index in [2.05, 4.69) is 0 Å². The molecule has 1 aliphatic rings. The van der Waals surface area contributed by atoms with Crippen molar-refractivity contribution in [3.05, 3.63) is 58.9 Å². The third kappa shape index (κ3) is 3.93. The number of carbonyl (C=O) groups excluding carboxylic acids is 1. The SMILES string of the molecule is COCOc1ccc(N2CCCC2)c(F)c1C(=O)c1ccc(C(=O)O)cc1. The van der Waals surface area contributed by atoms with Crippen molar-refractivity contribution in [2.75, 3.05) is 31.9 Å². The van der Waals surface area contributed by atoms with Crippen LogP contribution in [-0.4, -0.2) is 43.9 Å². The van der Waals surface area contributed by atoms with Gasteiger partial charge >= 0.3 is 5.97 Å². The number of carbonyl (C=O) groups is 2. The summed E-state index contributed by atoms with van der Waals surface area (Å²) >= 11 is 0. The van der Waals surface area contributed by atoms with Gasteiger partial charge in [-0.2, -0.15) is 0 Å². The molecule has 1 heterocycles. The number of aromatic carboxylic acids is 1. The van der Waals surface area contributed by atoms with Crippen LogP contribution >= 0.6 is 0 Å². The molecule has 27 heavy (non-hydrogen) atoms. The van der Waals surface area contributed by atoms with E-state index in [1.165, 1.54) is 31.4 Å². The maximum Gasteiger partial charge on any atom is 0.335 e. The number of ether oxygens (including phenoxy) is 2. The van der Waals surface area contributed by atoms with E-state index in [0.717, 1.165) is 25.9 Å². The molecule has 1 saturated heterocycles. The molecular formula is C20H20FNO5. The molecule has 7 heteroatoms. The van der Waals surface area contributed by atoms with Gasteiger partial charge < -0.3 is 19.5 Å². The number of rotatable bonds is 7. The number of carboxylic acid groups (broad SMARTS) is 1. The van der Waals surface area contributed by atoms with Gasteiger partial charge in [0.25, 0.3) is 0 Å². The molecule has 1 N–H and O–H groups in total. The average Bonchev–Trinajstić information content (AvgIpc) is 3.20. The van der Waals surface area contributed by atoms with Crippen LogP contribution in [0.3, 0.4) is 0 Å². The van der Waals surface area contributed by atoms with E-state index in [9.17, 15) is 9.59 Å². The molecule has 142 valence electrons. The maximum absolute atomic E-state index is 15.3. The number of nitrogens with zero attached hydrogens (tertiary/aromatic N) is 1. The van der Waals surface area contributed by atoms with E-state index in [1.807, 2.05) is 4.90 Å². The highest BCUT2D eigenvalue weighted by Gasteiger charge is 2.26. The molecule has 0 saturated carbocycles. The lowest BCUT2D eigenvalue weighted by atomic mass is 9.99. The maximum atomic E-state index is 15.3. The molecule has 0 aliphatic carbocycles. The Morgan fingerprint density at radius 3 is 2.30 bits per heavy atom. The number of halogens is 1. The number of benzene rings is 2. The molecular weight excluding hydrogens is 353 g/mol. The monoisotopic (exact) mass is 373 g/mol. The van der Waals surface area contributed by atoms with Crippen molar-refractivity contribution >= 4 is 17.4 Å². The minimum atomic E-state index is -1.10. The van der Waals surface area contributed by atoms with E-state index >= 15 is 4.39 Å². The molecule has 0 unspecified atom stereocenters. The fourth-order valence-corrected chi connectivity index (χ4v) is 3.11. The molecule has 1 aliphatic heterocycles. The fourth-order valence-electron chi connectivity index (χ4n) is 3.11. The number of methoxy groups -OCH3 is 1. The predicted molar refractivity (Wildman–Crippen MR) is 97.2 cm³/mol. The largest absolute Gasteiger partial charge is 0.478 e. The number of ketones is 1. The first-order valence-electron chi connectivity index (χ1n) is 8.60. The van der Waals surface area contributed by atoms with Crippen molar-refractivity contribution < 1.29 is 28.6 Å². The van der Waals surface area contributed by atoms with E-state index in [1.54, 1.807) is 12.1 Å². The van der Waals surface area contributed by atoms with E-state index in [4.69, 9.17) is 14.6 Å². The van der Waals surface area contributed by atoms with E-state index in [-0.39, 0.29) is 29.2 Å². The molecule has 2 aromatic carbocycles. The van der Waals surface area contributed by atoms with Gasteiger partial charge in [-0.25, -0.2) is 9.18 Å². The Balaban J connectivity index is 2.02. The normalized spacial score (nSPS) is 13.6. The number of anilines is 1. The summed E-state index contributed by atoms with van der Waals surface area (Å²) in [6.07, 6.45) is 1.95. The lowest BCUT2D eigenvalue weighted by molar-refractivity contribution is 0.0500. The number of hydrogen-bond acceptors (Lipinski definition) is 5. The van der Waals surface area contributed by atoms with Gasteiger partial charge in [0, 0.05) is 25.8 Å². The first kappa shape index (κ1) is 18.8. The first-order chi connectivity index (χ1) is 13.0. The lowest BCUT2D eigenvalue weighted by Crippen LogP contribution is -2.21. The summed E-state index contributed by atoms with van der Waals surface area (Å²) < 4.78 is 25.5. The van der Waals surface area contributed by atoms with Crippen molar-refractivity contribution in [3.8, 4) is 5.75 Å². The van der Waals surface area contributed by atoms with Crippen LogP contribution in [0.15, 0.2) is 36.4 Å². The lowest BCUT2D eigenvalue weighted by Gasteiger charge is -2.21. The van der Waals surface area contributed by atoms with Crippen LogP contribution in [-0.2, 0) is 4.74 Å². The second-order valence-electron chi connectivity index (χ2n) is 6.23. The molecule has 3 rings (SSSR count). The number of hydrogen-bond donors (Lipinski definition) is 1. The van der Waals surface area contributed by atoms with Crippen molar-refractivity contribution in [2.24, 2.45) is 0 Å². The summed E-state index contributed by atoms with van der Waals surface area (Å²) in [7, 11) is 1.43. The van der Waals surface area contributed by atoms with Gasteiger partial charge in [0.05, 0.1) is 11.3 Å². The summed E-state index contributed by atoms with van der Waals surface area (Å²) in [6, 6.07) is 8.53.